The molecule has 0 radical (unpaired) electrons. The van der Waals surface area contributed by atoms with Crippen LogP contribution in [0.25, 0.3) is 11.1 Å². The molecule has 0 saturated carbocycles. The summed E-state index contributed by atoms with van der Waals surface area (Å²) in [5.41, 5.74) is 1.66. The van der Waals surface area contributed by atoms with E-state index in [1.807, 2.05) is 31.2 Å². The minimum atomic E-state index is -4.33. The van der Waals surface area contributed by atoms with E-state index in [0.717, 1.165) is 15.6 Å². The van der Waals surface area contributed by atoms with Crippen molar-refractivity contribution < 1.29 is 27.9 Å². The molecule has 3 rings (SSSR count). The predicted octanol–water partition coefficient (Wildman–Crippen LogP) is 6.17. The molecule has 0 aromatic heterocycles. The summed E-state index contributed by atoms with van der Waals surface area (Å²) in [6.07, 6.45) is 1.13. The Bertz CT molecular complexity index is 1390. The highest BCUT2D eigenvalue weighted by Gasteiger charge is 2.33. The lowest BCUT2D eigenvalue weighted by Crippen LogP contribution is -2.56. The number of hydrogen-bond donors (Lipinski definition) is 2. The molecule has 0 fully saturated rings. The van der Waals surface area contributed by atoms with Crippen molar-refractivity contribution >= 4 is 61.0 Å². The van der Waals surface area contributed by atoms with Crippen LogP contribution in [0, 0.1) is 0 Å². The lowest BCUT2D eigenvalue weighted by atomic mass is 10.1. The highest BCUT2D eigenvalue weighted by atomic mass is 79.9. The van der Waals surface area contributed by atoms with Crippen molar-refractivity contribution in [1.82, 2.24) is 9.84 Å². The molecule has 1 unspecified atom stereocenters. The zero-order valence-electron chi connectivity index (χ0n) is 20.2. The first-order chi connectivity index (χ1) is 18.0. The first-order valence-corrected chi connectivity index (χ1v) is 14.6. The average Bonchev–Trinajstić information content (AvgIpc) is 2.88. The van der Waals surface area contributed by atoms with Gasteiger partial charge in [-0.15, -0.1) is 4.83 Å². The summed E-state index contributed by atoms with van der Waals surface area (Å²) >= 11 is 15.3. The Kier molecular flexibility index (Phi) is 10.6. The van der Waals surface area contributed by atoms with Crippen molar-refractivity contribution in [2.24, 2.45) is 0 Å². The number of carbonyl (C=O) groups is 2. The second-order valence-corrected chi connectivity index (χ2v) is 11.7. The van der Waals surface area contributed by atoms with E-state index in [4.69, 9.17) is 27.9 Å². The summed E-state index contributed by atoms with van der Waals surface area (Å²) < 4.78 is 32.8. The smallest absolute Gasteiger partial charge is 0.328 e. The molecule has 8 nitrogen and oxygen atoms in total. The number of carbonyl (C=O) groups excluding carboxylic acids is 1. The summed E-state index contributed by atoms with van der Waals surface area (Å²) in [7, 11) is -4.33. The van der Waals surface area contributed by atoms with Gasteiger partial charge in [-0.3, -0.25) is 4.79 Å². The lowest BCUT2D eigenvalue weighted by Gasteiger charge is -2.29. The number of unbranched alkanes of at least 4 members (excludes halogenated alkanes) is 1. The van der Waals surface area contributed by atoms with Gasteiger partial charge in [-0.25, -0.2) is 18.2 Å². The van der Waals surface area contributed by atoms with E-state index in [1.165, 1.54) is 30.3 Å². The summed E-state index contributed by atoms with van der Waals surface area (Å²) in [6, 6.07) is 16.4. The maximum absolute atomic E-state index is 13.2. The van der Waals surface area contributed by atoms with Crippen LogP contribution in [0.1, 0.15) is 26.2 Å². The van der Waals surface area contributed by atoms with E-state index in [9.17, 15) is 23.1 Å². The first-order valence-electron chi connectivity index (χ1n) is 11.5. The molecule has 0 aliphatic carbocycles. The summed E-state index contributed by atoms with van der Waals surface area (Å²) in [5.74, 6) is -2.13. The fourth-order valence-corrected chi connectivity index (χ4v) is 5.32. The van der Waals surface area contributed by atoms with Crippen molar-refractivity contribution in [2.45, 2.75) is 37.1 Å². The molecular formula is C26H25BrCl2N2O6S. The number of benzene rings is 3. The molecule has 12 heteroatoms. The lowest BCUT2D eigenvalue weighted by molar-refractivity contribution is -0.153. The molecule has 1 atom stereocenters. The number of ether oxygens (including phenoxy) is 1. The third-order valence-corrected chi connectivity index (χ3v) is 7.89. The van der Waals surface area contributed by atoms with Crippen LogP contribution in [-0.2, 0) is 19.6 Å². The maximum Gasteiger partial charge on any atom is 0.328 e. The minimum Gasteiger partial charge on any atom is -0.482 e. The van der Waals surface area contributed by atoms with Gasteiger partial charge in [-0.1, -0.05) is 83.2 Å². The van der Waals surface area contributed by atoms with Crippen LogP contribution in [-0.4, -0.2) is 43.1 Å². The van der Waals surface area contributed by atoms with Crippen LogP contribution in [0.4, 0.5) is 0 Å². The quantitative estimate of drug-likeness (QED) is 0.228. The third-order valence-electron chi connectivity index (χ3n) is 5.50. The fourth-order valence-electron chi connectivity index (χ4n) is 3.50. The number of rotatable bonds is 12. The molecule has 0 spiro atoms. The molecule has 0 saturated heterocycles. The zero-order chi connectivity index (χ0) is 27.9. The van der Waals surface area contributed by atoms with Crippen LogP contribution < -0.4 is 9.57 Å². The normalized spacial score (nSPS) is 12.1. The van der Waals surface area contributed by atoms with E-state index < -0.39 is 34.5 Å². The largest absolute Gasteiger partial charge is 0.482 e. The van der Waals surface area contributed by atoms with Gasteiger partial charge in [0.05, 0.1) is 9.92 Å². The summed E-state index contributed by atoms with van der Waals surface area (Å²) in [6.45, 7) is 1.19. The van der Waals surface area contributed by atoms with Crippen molar-refractivity contribution in [3.05, 3.63) is 81.2 Å². The number of carboxylic acid groups (broad SMARTS) is 1. The number of hydrazine groups is 1. The highest BCUT2D eigenvalue weighted by molar-refractivity contribution is 9.10. The molecule has 0 heterocycles. The molecule has 0 aliphatic rings. The SMILES string of the molecule is CCCCC(C(=O)O)N(NS(=O)(=O)c1ccc(-c2ccc(Br)cc2)cc1)C(=O)COc1ccc(Cl)cc1Cl. The topological polar surface area (TPSA) is 113 Å². The Hall–Kier alpha value is -2.63. The molecule has 38 heavy (non-hydrogen) atoms. The van der Waals surface area contributed by atoms with Crippen molar-refractivity contribution in [2.75, 3.05) is 6.61 Å². The molecule has 202 valence electrons. The molecule has 1 amide bonds. The fraction of sp³-hybridized carbons (Fsp3) is 0.231. The standard InChI is InChI=1S/C26H25BrCl2N2O6S/c1-2-3-4-23(26(33)34)31(25(32)16-37-24-14-11-20(28)15-22(24)29)30-38(35,36)21-12-7-18(8-13-21)17-5-9-19(27)10-6-17/h5-15,23,30H,2-4,16H2,1H3,(H,33,34). The number of nitrogens with one attached hydrogen (secondary N) is 1. The Balaban J connectivity index is 1.85. The monoisotopic (exact) mass is 642 g/mol. The van der Waals surface area contributed by atoms with E-state index >= 15 is 0 Å². The van der Waals surface area contributed by atoms with Gasteiger partial charge in [0.1, 0.15) is 11.8 Å². The van der Waals surface area contributed by atoms with E-state index in [-0.39, 0.29) is 22.1 Å². The second-order valence-electron chi connectivity index (χ2n) is 8.25. The number of hydrogen-bond acceptors (Lipinski definition) is 5. The van der Waals surface area contributed by atoms with Crippen LogP contribution in [0.2, 0.25) is 10.0 Å². The van der Waals surface area contributed by atoms with Crippen molar-refractivity contribution in [3.8, 4) is 16.9 Å². The number of aliphatic carboxylic acids is 1. The Morgan fingerprint density at radius 3 is 2.18 bits per heavy atom. The Morgan fingerprint density at radius 1 is 1.03 bits per heavy atom. The van der Waals surface area contributed by atoms with E-state index in [0.29, 0.717) is 22.9 Å². The number of nitrogens with zero attached hydrogens (tertiary/aromatic N) is 1. The number of halogens is 3. The average molecular weight is 644 g/mol. The Morgan fingerprint density at radius 2 is 1.63 bits per heavy atom. The van der Waals surface area contributed by atoms with E-state index in [1.54, 1.807) is 12.1 Å². The van der Waals surface area contributed by atoms with E-state index in [2.05, 4.69) is 20.8 Å². The number of sulfonamides is 1. The Labute approximate surface area is 239 Å². The predicted molar refractivity (Wildman–Crippen MR) is 150 cm³/mol. The maximum atomic E-state index is 13.2. The summed E-state index contributed by atoms with van der Waals surface area (Å²) in [4.78, 5) is 27.2. The molecule has 0 bridgehead atoms. The van der Waals surface area contributed by atoms with Gasteiger partial charge in [0, 0.05) is 9.50 Å². The van der Waals surface area contributed by atoms with Crippen LogP contribution in [0.3, 0.4) is 0 Å². The molecule has 3 aromatic rings. The number of amides is 1. The van der Waals surface area contributed by atoms with Gasteiger partial charge in [0.2, 0.25) is 0 Å². The second kappa shape index (κ2) is 13.4. The van der Waals surface area contributed by atoms with Crippen LogP contribution >= 0.6 is 39.1 Å². The van der Waals surface area contributed by atoms with Gasteiger partial charge in [0.15, 0.2) is 6.61 Å². The molecule has 0 aliphatic heterocycles. The van der Waals surface area contributed by atoms with Gasteiger partial charge in [0.25, 0.3) is 15.9 Å². The highest BCUT2D eigenvalue weighted by Crippen LogP contribution is 2.28. The van der Waals surface area contributed by atoms with Crippen LogP contribution in [0.5, 0.6) is 5.75 Å². The molecular weight excluding hydrogens is 619 g/mol. The van der Waals surface area contributed by atoms with Crippen molar-refractivity contribution in [1.29, 1.82) is 0 Å². The van der Waals surface area contributed by atoms with Gasteiger partial charge >= 0.3 is 5.97 Å². The van der Waals surface area contributed by atoms with Gasteiger partial charge in [-0.05, 0) is 60.0 Å². The van der Waals surface area contributed by atoms with Crippen LogP contribution in [0.15, 0.2) is 76.1 Å². The minimum absolute atomic E-state index is 0.0320. The zero-order valence-corrected chi connectivity index (χ0v) is 24.1. The van der Waals surface area contributed by atoms with Gasteiger partial charge < -0.3 is 9.84 Å². The molecule has 2 N–H and O–H groups in total. The van der Waals surface area contributed by atoms with Gasteiger partial charge in [-0.2, -0.15) is 0 Å². The first kappa shape index (κ1) is 29.9. The number of carboxylic acids is 1. The molecule has 3 aromatic carbocycles. The summed E-state index contributed by atoms with van der Waals surface area (Å²) in [5, 5.41) is 10.9. The third kappa shape index (κ3) is 7.94. The van der Waals surface area contributed by atoms with Crippen molar-refractivity contribution in [3.63, 3.8) is 0 Å².